The Hall–Kier alpha value is -3.16. The van der Waals surface area contributed by atoms with Crippen molar-refractivity contribution in [2.45, 2.75) is 104 Å². The lowest BCUT2D eigenvalue weighted by Gasteiger charge is -2.19. The van der Waals surface area contributed by atoms with Crippen LogP contribution in [0.15, 0.2) is 36.4 Å². The molecule has 0 bridgehead atoms. The minimum absolute atomic E-state index is 0.293. The molecule has 2 rings (SSSR count). The number of carboxylic acid groups (broad SMARTS) is 2. The Morgan fingerprint density at radius 3 is 1.55 bits per heavy atom. The van der Waals surface area contributed by atoms with Crippen molar-refractivity contribution in [2.75, 3.05) is 13.2 Å². The lowest BCUT2D eigenvalue weighted by molar-refractivity contribution is -0.152. The van der Waals surface area contributed by atoms with Gasteiger partial charge >= 0.3 is 23.9 Å². The molecule has 2 N–H and O–H groups in total. The maximum absolute atomic E-state index is 12.4. The SMILES string of the molecule is CCCCCCCCOC(=O)c1ccccc1C(=O)OCCCCCCCC.O=C(O)C1C=CCCC1C(=O)O. The summed E-state index contributed by atoms with van der Waals surface area (Å²) in [5.41, 5.74) is 0.586. The monoisotopic (exact) mass is 560 g/mol. The highest BCUT2D eigenvalue weighted by molar-refractivity contribution is 6.03. The molecule has 0 aromatic heterocycles. The third-order valence-corrected chi connectivity index (χ3v) is 6.85. The van der Waals surface area contributed by atoms with Gasteiger partial charge in [-0.2, -0.15) is 0 Å². The third kappa shape index (κ3) is 14.3. The average molecular weight is 561 g/mol. The van der Waals surface area contributed by atoms with Gasteiger partial charge < -0.3 is 19.7 Å². The van der Waals surface area contributed by atoms with Crippen LogP contribution in [0.25, 0.3) is 0 Å². The summed E-state index contributed by atoms with van der Waals surface area (Å²) in [6, 6.07) is 6.74. The number of carbonyl (C=O) groups is 4. The zero-order valence-electron chi connectivity index (χ0n) is 24.3. The summed E-state index contributed by atoms with van der Waals surface area (Å²) < 4.78 is 10.7. The maximum Gasteiger partial charge on any atom is 0.339 e. The van der Waals surface area contributed by atoms with Crippen LogP contribution in [0, 0.1) is 11.8 Å². The number of hydrogen-bond donors (Lipinski definition) is 2. The highest BCUT2D eigenvalue weighted by atomic mass is 16.5. The molecule has 0 heterocycles. The number of aliphatic carboxylic acids is 2. The Kier molecular flexibility index (Phi) is 18.9. The van der Waals surface area contributed by atoms with E-state index in [2.05, 4.69) is 13.8 Å². The molecule has 1 aromatic rings. The Balaban J connectivity index is 0.000000552. The van der Waals surface area contributed by atoms with Crippen molar-refractivity contribution in [3.8, 4) is 0 Å². The minimum atomic E-state index is -1.06. The molecular weight excluding hydrogens is 512 g/mol. The van der Waals surface area contributed by atoms with Crippen LogP contribution in [0.1, 0.15) is 124 Å². The van der Waals surface area contributed by atoms with Crippen LogP contribution in [0.4, 0.5) is 0 Å². The van der Waals surface area contributed by atoms with Crippen LogP contribution < -0.4 is 0 Å². The van der Waals surface area contributed by atoms with Crippen molar-refractivity contribution in [2.24, 2.45) is 11.8 Å². The fourth-order valence-electron chi connectivity index (χ4n) is 4.45. The first-order valence-corrected chi connectivity index (χ1v) is 14.9. The van der Waals surface area contributed by atoms with Gasteiger partial charge in [0, 0.05) is 0 Å². The second kappa shape index (κ2) is 21.6. The lowest BCUT2D eigenvalue weighted by Crippen LogP contribution is -2.30. The molecule has 0 saturated heterocycles. The summed E-state index contributed by atoms with van der Waals surface area (Å²) in [5.74, 6) is -4.57. The predicted octanol–water partition coefficient (Wildman–Crippen LogP) is 7.46. The van der Waals surface area contributed by atoms with E-state index in [1.807, 2.05) is 0 Å². The van der Waals surface area contributed by atoms with Crippen molar-refractivity contribution in [1.29, 1.82) is 0 Å². The van der Waals surface area contributed by atoms with E-state index >= 15 is 0 Å². The first-order chi connectivity index (χ1) is 19.3. The molecule has 0 aliphatic heterocycles. The molecule has 224 valence electrons. The van der Waals surface area contributed by atoms with E-state index in [1.165, 1.54) is 57.4 Å². The quantitative estimate of drug-likeness (QED) is 0.108. The number of allylic oxidation sites excluding steroid dienone is 1. The van der Waals surface area contributed by atoms with Gasteiger partial charge in [0.2, 0.25) is 0 Å². The second-order valence-electron chi connectivity index (χ2n) is 10.2. The molecule has 1 aliphatic rings. The van der Waals surface area contributed by atoms with Gasteiger partial charge in [0.05, 0.1) is 36.2 Å². The zero-order chi connectivity index (χ0) is 29.6. The second-order valence-corrected chi connectivity index (χ2v) is 10.2. The van der Waals surface area contributed by atoms with E-state index in [0.717, 1.165) is 25.7 Å². The van der Waals surface area contributed by atoms with Crippen LogP contribution in [0.3, 0.4) is 0 Å². The molecule has 0 radical (unpaired) electrons. The van der Waals surface area contributed by atoms with Crippen molar-refractivity contribution >= 4 is 23.9 Å². The molecule has 1 aliphatic carbocycles. The first kappa shape index (κ1) is 34.9. The van der Waals surface area contributed by atoms with E-state index in [-0.39, 0.29) is 0 Å². The van der Waals surface area contributed by atoms with Crippen molar-refractivity contribution in [3.05, 3.63) is 47.5 Å². The van der Waals surface area contributed by atoms with Crippen molar-refractivity contribution < 1.29 is 38.9 Å². The van der Waals surface area contributed by atoms with E-state index in [1.54, 1.807) is 30.3 Å². The summed E-state index contributed by atoms with van der Waals surface area (Å²) in [6.07, 6.45) is 17.9. The Morgan fingerprint density at radius 2 is 1.15 bits per heavy atom. The number of benzene rings is 1. The highest BCUT2D eigenvalue weighted by Gasteiger charge is 2.32. The third-order valence-electron chi connectivity index (χ3n) is 6.85. The molecule has 1 aromatic carbocycles. The Labute approximate surface area is 239 Å². The summed E-state index contributed by atoms with van der Waals surface area (Å²) in [7, 11) is 0. The molecular formula is C32H48O8. The molecule has 8 nitrogen and oxygen atoms in total. The van der Waals surface area contributed by atoms with Gasteiger partial charge in [-0.25, -0.2) is 9.59 Å². The maximum atomic E-state index is 12.4. The number of unbranched alkanes of at least 4 members (excludes halogenated alkanes) is 10. The largest absolute Gasteiger partial charge is 0.481 e. The van der Waals surface area contributed by atoms with Gasteiger partial charge in [-0.3, -0.25) is 9.59 Å². The smallest absolute Gasteiger partial charge is 0.339 e. The average Bonchev–Trinajstić information content (AvgIpc) is 2.96. The van der Waals surface area contributed by atoms with Crippen LogP contribution in [0.2, 0.25) is 0 Å². The molecule has 0 saturated carbocycles. The molecule has 0 fully saturated rings. The Bertz CT molecular complexity index is 874. The number of carbonyl (C=O) groups excluding carboxylic acids is 2. The van der Waals surface area contributed by atoms with Crippen molar-refractivity contribution in [3.63, 3.8) is 0 Å². The minimum Gasteiger partial charge on any atom is -0.481 e. The van der Waals surface area contributed by atoms with Gasteiger partial charge in [-0.1, -0.05) is 102 Å². The van der Waals surface area contributed by atoms with Crippen molar-refractivity contribution in [1.82, 2.24) is 0 Å². The zero-order valence-corrected chi connectivity index (χ0v) is 24.3. The Morgan fingerprint density at radius 1 is 0.700 bits per heavy atom. The van der Waals surface area contributed by atoms with E-state index in [9.17, 15) is 19.2 Å². The fraction of sp³-hybridized carbons (Fsp3) is 0.625. The van der Waals surface area contributed by atoms with Crippen LogP contribution in [-0.4, -0.2) is 47.3 Å². The summed E-state index contributed by atoms with van der Waals surface area (Å²) in [5, 5.41) is 17.3. The van der Waals surface area contributed by atoms with Crippen LogP contribution >= 0.6 is 0 Å². The number of esters is 2. The lowest BCUT2D eigenvalue weighted by atomic mass is 9.84. The molecule has 2 atom stereocenters. The van der Waals surface area contributed by atoms with E-state index < -0.39 is 35.7 Å². The number of rotatable bonds is 18. The molecule has 8 heteroatoms. The summed E-state index contributed by atoms with van der Waals surface area (Å²) >= 11 is 0. The van der Waals surface area contributed by atoms with Gasteiger partial charge in [-0.15, -0.1) is 0 Å². The normalized spacial score (nSPS) is 15.9. The summed E-state index contributed by atoms with van der Waals surface area (Å²) in [6.45, 7) is 5.17. The molecule has 0 amide bonds. The van der Waals surface area contributed by atoms with Gasteiger partial charge in [0.25, 0.3) is 0 Å². The predicted molar refractivity (Wildman–Crippen MR) is 154 cm³/mol. The van der Waals surface area contributed by atoms with Crippen LogP contribution in [-0.2, 0) is 19.1 Å². The van der Waals surface area contributed by atoms with Crippen LogP contribution in [0.5, 0.6) is 0 Å². The molecule has 0 spiro atoms. The highest BCUT2D eigenvalue weighted by Crippen LogP contribution is 2.25. The topological polar surface area (TPSA) is 127 Å². The number of hydrogen-bond acceptors (Lipinski definition) is 6. The van der Waals surface area contributed by atoms with Gasteiger partial charge in [-0.05, 0) is 37.8 Å². The van der Waals surface area contributed by atoms with E-state index in [0.29, 0.717) is 37.2 Å². The summed E-state index contributed by atoms with van der Waals surface area (Å²) in [4.78, 5) is 45.8. The molecule has 40 heavy (non-hydrogen) atoms. The molecule has 2 unspecified atom stereocenters. The number of carboxylic acids is 2. The number of ether oxygens (including phenoxy) is 2. The first-order valence-electron chi connectivity index (χ1n) is 14.9. The standard InChI is InChI=1S/C24H38O4.C8H10O4/c1-3-5-7-9-11-15-19-27-23(25)21-17-13-14-18-22(21)24(26)28-20-16-12-10-8-6-4-2;9-7(10)5-3-1-2-4-6(5)8(11)12/h13-14,17-18H,3-12,15-16,19-20H2,1-2H3;1,3,5-6H,2,4H2,(H,9,10)(H,11,12). The van der Waals surface area contributed by atoms with E-state index in [4.69, 9.17) is 19.7 Å². The fourth-order valence-corrected chi connectivity index (χ4v) is 4.45. The van der Waals surface area contributed by atoms with Gasteiger partial charge in [0.15, 0.2) is 0 Å². The van der Waals surface area contributed by atoms with Gasteiger partial charge in [0.1, 0.15) is 0 Å².